The molecule has 1 aliphatic rings. The van der Waals surface area contributed by atoms with Crippen molar-refractivity contribution in [1.29, 1.82) is 0 Å². The molecule has 0 spiro atoms. The summed E-state index contributed by atoms with van der Waals surface area (Å²) in [5.41, 5.74) is 3.93. The third-order valence-electron chi connectivity index (χ3n) is 7.97. The molecule has 1 aliphatic heterocycles. The largest absolute Gasteiger partial charge is 0.493 e. The molecule has 8 heteroatoms. The Morgan fingerprint density at radius 3 is 1.98 bits per heavy atom. The lowest BCUT2D eigenvalue weighted by Crippen LogP contribution is -2.50. The van der Waals surface area contributed by atoms with Gasteiger partial charge >= 0.3 is 0 Å². The van der Waals surface area contributed by atoms with Crippen molar-refractivity contribution < 1.29 is 14.3 Å². The van der Waals surface area contributed by atoms with Crippen molar-refractivity contribution >= 4 is 34.8 Å². The van der Waals surface area contributed by atoms with Gasteiger partial charge in [-0.2, -0.15) is 0 Å². The zero-order valence-electron chi connectivity index (χ0n) is 25.7. The highest BCUT2D eigenvalue weighted by Gasteiger charge is 2.29. The zero-order valence-corrected chi connectivity index (χ0v) is 26.5. The van der Waals surface area contributed by atoms with E-state index in [1.165, 1.54) is 11.1 Å². The van der Waals surface area contributed by atoms with Gasteiger partial charge in [-0.15, -0.1) is 0 Å². The summed E-state index contributed by atoms with van der Waals surface area (Å²) in [6.45, 7) is 5.35. The fraction of sp³-hybridized carbons (Fsp3) is 0.270. The van der Waals surface area contributed by atoms with Crippen LogP contribution >= 0.6 is 12.2 Å². The van der Waals surface area contributed by atoms with E-state index in [4.69, 9.17) is 17.0 Å². The summed E-state index contributed by atoms with van der Waals surface area (Å²) in [4.78, 5) is 31.2. The average Bonchev–Trinajstić information content (AvgIpc) is 3.08. The van der Waals surface area contributed by atoms with Crippen LogP contribution in [-0.2, 0) is 0 Å². The Morgan fingerprint density at radius 2 is 1.33 bits per heavy atom. The van der Waals surface area contributed by atoms with Crippen molar-refractivity contribution in [2.75, 3.05) is 38.1 Å². The zero-order chi connectivity index (χ0) is 31.4. The second-order valence-electron chi connectivity index (χ2n) is 11.1. The van der Waals surface area contributed by atoms with Crippen molar-refractivity contribution in [2.24, 2.45) is 0 Å². The molecule has 0 unspecified atom stereocenters. The molecule has 232 valence electrons. The number of amides is 2. The Labute approximate surface area is 271 Å². The molecule has 1 fully saturated rings. The van der Waals surface area contributed by atoms with E-state index in [9.17, 15) is 9.59 Å². The number of rotatable bonds is 11. The van der Waals surface area contributed by atoms with E-state index >= 15 is 0 Å². The van der Waals surface area contributed by atoms with Gasteiger partial charge in [0.25, 0.3) is 11.8 Å². The number of carbonyl (C=O) groups excluding carboxylic acids is 2. The molecule has 4 aromatic rings. The number of hydrogen-bond acceptors (Lipinski definition) is 5. The lowest BCUT2D eigenvalue weighted by molar-refractivity contribution is 0.0598. The normalized spacial score (nSPS) is 13.3. The minimum Gasteiger partial charge on any atom is -0.493 e. The van der Waals surface area contributed by atoms with Gasteiger partial charge in [0.05, 0.1) is 29.5 Å². The van der Waals surface area contributed by atoms with Gasteiger partial charge in [-0.25, -0.2) is 0 Å². The topological polar surface area (TPSA) is 73.9 Å². The molecule has 1 saturated heterocycles. The molecule has 7 nitrogen and oxygen atoms in total. The number of nitrogens with zero attached hydrogens (tertiary/aromatic N) is 2. The summed E-state index contributed by atoms with van der Waals surface area (Å²) in [5.74, 6) is 0.0731. The summed E-state index contributed by atoms with van der Waals surface area (Å²) < 4.78 is 5.87. The van der Waals surface area contributed by atoms with Crippen LogP contribution in [0.1, 0.15) is 64.1 Å². The third kappa shape index (κ3) is 8.35. The summed E-state index contributed by atoms with van der Waals surface area (Å²) in [6, 6.07) is 35.5. The molecule has 45 heavy (non-hydrogen) atoms. The Kier molecular flexibility index (Phi) is 11.3. The van der Waals surface area contributed by atoms with Crippen LogP contribution in [0, 0.1) is 0 Å². The number of hydrogen-bond donors (Lipinski definition) is 2. The van der Waals surface area contributed by atoms with E-state index < -0.39 is 0 Å². The molecule has 4 aromatic carbocycles. The molecular weight excluding hydrogens is 580 g/mol. The predicted octanol–water partition coefficient (Wildman–Crippen LogP) is 6.93. The first-order chi connectivity index (χ1) is 22.0. The minimum atomic E-state index is -0.370. The fourth-order valence-electron chi connectivity index (χ4n) is 5.66. The Balaban J connectivity index is 1.22. The molecule has 2 amide bonds. The first kappa shape index (κ1) is 31.9. The number of nitrogens with one attached hydrogen (secondary N) is 2. The Hall–Kier alpha value is -4.53. The van der Waals surface area contributed by atoms with Crippen LogP contribution in [0.25, 0.3) is 0 Å². The molecule has 0 bridgehead atoms. The maximum Gasteiger partial charge on any atom is 0.261 e. The van der Waals surface area contributed by atoms with Crippen LogP contribution in [0.15, 0.2) is 109 Å². The number of para-hydroxylation sites is 2. The van der Waals surface area contributed by atoms with E-state index in [0.717, 1.165) is 32.4 Å². The van der Waals surface area contributed by atoms with Gasteiger partial charge < -0.3 is 15.0 Å². The summed E-state index contributed by atoms with van der Waals surface area (Å²) in [7, 11) is 0. The average molecular weight is 621 g/mol. The van der Waals surface area contributed by atoms with Crippen LogP contribution in [0.4, 0.5) is 5.69 Å². The molecule has 0 saturated carbocycles. The van der Waals surface area contributed by atoms with E-state index in [-0.39, 0.29) is 23.0 Å². The standard InChI is InChI=1S/C37H40N4O3S/c1-2-3-14-27-44-33-22-13-11-20-31(33)35(42)39-37(45)38-32-21-12-10-19-30(32)36(43)41-25-23-40(24-26-41)34(28-15-6-4-7-16-28)29-17-8-5-9-18-29/h4-13,15-22,34H,2-3,14,23-27H2,1H3,(H2,38,39,42,45). The summed E-state index contributed by atoms with van der Waals surface area (Å²) >= 11 is 5.50. The van der Waals surface area contributed by atoms with Crippen LogP contribution < -0.4 is 15.4 Å². The fourth-order valence-corrected chi connectivity index (χ4v) is 5.86. The maximum absolute atomic E-state index is 13.8. The molecule has 0 atom stereocenters. The SMILES string of the molecule is CCCCCOc1ccccc1C(=O)NC(=S)Nc1ccccc1C(=O)N1CCN(C(c2ccccc2)c2ccccc2)CC1. The molecular formula is C37H40N4O3S. The molecule has 1 heterocycles. The van der Waals surface area contributed by atoms with Crippen LogP contribution in [0.2, 0.25) is 0 Å². The number of carbonyl (C=O) groups is 2. The van der Waals surface area contributed by atoms with Crippen molar-refractivity contribution in [2.45, 2.75) is 32.2 Å². The van der Waals surface area contributed by atoms with Gasteiger partial charge in [0, 0.05) is 26.2 Å². The molecule has 0 aliphatic carbocycles. The predicted molar refractivity (Wildman–Crippen MR) is 184 cm³/mol. The summed E-state index contributed by atoms with van der Waals surface area (Å²) in [5, 5.41) is 5.94. The van der Waals surface area contributed by atoms with Gasteiger partial charge in [-0.05, 0) is 54.0 Å². The van der Waals surface area contributed by atoms with E-state index in [0.29, 0.717) is 42.3 Å². The van der Waals surface area contributed by atoms with E-state index in [1.807, 2.05) is 35.2 Å². The second-order valence-corrected chi connectivity index (χ2v) is 11.5. The van der Waals surface area contributed by atoms with Crippen molar-refractivity contribution in [3.8, 4) is 5.75 Å². The Bertz CT molecular complexity index is 1530. The van der Waals surface area contributed by atoms with Crippen LogP contribution in [0.5, 0.6) is 5.75 Å². The highest BCUT2D eigenvalue weighted by atomic mass is 32.1. The molecule has 0 aromatic heterocycles. The highest BCUT2D eigenvalue weighted by molar-refractivity contribution is 7.80. The number of ether oxygens (including phenoxy) is 1. The Morgan fingerprint density at radius 1 is 0.756 bits per heavy atom. The number of piperazine rings is 1. The van der Waals surface area contributed by atoms with Gasteiger partial charge in [0.1, 0.15) is 5.75 Å². The van der Waals surface area contributed by atoms with Gasteiger partial charge in [0.2, 0.25) is 0 Å². The molecule has 0 radical (unpaired) electrons. The summed E-state index contributed by atoms with van der Waals surface area (Å²) in [6.07, 6.45) is 3.08. The van der Waals surface area contributed by atoms with E-state index in [1.54, 1.807) is 30.3 Å². The lowest BCUT2D eigenvalue weighted by Gasteiger charge is -2.40. The number of anilines is 1. The smallest absolute Gasteiger partial charge is 0.261 e. The first-order valence-electron chi connectivity index (χ1n) is 15.6. The van der Waals surface area contributed by atoms with Crippen LogP contribution in [0.3, 0.4) is 0 Å². The number of thiocarbonyl (C=S) groups is 1. The second kappa shape index (κ2) is 16.0. The number of unbranched alkanes of at least 4 members (excludes halogenated alkanes) is 2. The third-order valence-corrected chi connectivity index (χ3v) is 8.17. The van der Waals surface area contributed by atoms with Gasteiger partial charge in [0.15, 0.2) is 5.11 Å². The monoisotopic (exact) mass is 620 g/mol. The highest BCUT2D eigenvalue weighted by Crippen LogP contribution is 2.30. The van der Waals surface area contributed by atoms with Gasteiger partial charge in [-0.1, -0.05) is 105 Å². The van der Waals surface area contributed by atoms with E-state index in [2.05, 4.69) is 71.0 Å². The molecule has 5 rings (SSSR count). The van der Waals surface area contributed by atoms with Crippen molar-refractivity contribution in [3.05, 3.63) is 131 Å². The lowest BCUT2D eigenvalue weighted by atomic mass is 9.96. The van der Waals surface area contributed by atoms with Gasteiger partial charge in [-0.3, -0.25) is 19.8 Å². The van der Waals surface area contributed by atoms with Crippen LogP contribution in [-0.4, -0.2) is 59.5 Å². The first-order valence-corrected chi connectivity index (χ1v) is 16.0. The van der Waals surface area contributed by atoms with Crippen molar-refractivity contribution in [1.82, 2.24) is 15.1 Å². The molecule has 2 N–H and O–H groups in total. The number of benzene rings is 4. The van der Waals surface area contributed by atoms with Crippen molar-refractivity contribution in [3.63, 3.8) is 0 Å². The minimum absolute atomic E-state index is 0.0753. The maximum atomic E-state index is 13.8. The quantitative estimate of drug-likeness (QED) is 0.140.